The van der Waals surface area contributed by atoms with Crippen molar-refractivity contribution in [3.63, 3.8) is 0 Å². The van der Waals surface area contributed by atoms with Crippen LogP contribution >= 0.6 is 0 Å². The smallest absolute Gasteiger partial charge is 0.0826 e. The second-order valence-electron chi connectivity index (χ2n) is 6.24. The molecule has 1 aliphatic heterocycles. The molecule has 120 valence electrons. The summed E-state index contributed by atoms with van der Waals surface area (Å²) in [6.45, 7) is 9.89. The maximum absolute atomic E-state index is 5.95. The van der Waals surface area contributed by atoms with E-state index in [2.05, 4.69) is 41.4 Å². The van der Waals surface area contributed by atoms with E-state index in [0.717, 1.165) is 38.2 Å². The van der Waals surface area contributed by atoms with Crippen LogP contribution in [0.5, 0.6) is 0 Å². The Morgan fingerprint density at radius 2 is 2.05 bits per heavy atom. The van der Waals surface area contributed by atoms with Crippen LogP contribution < -0.4 is 11.3 Å². The molecule has 1 aromatic heterocycles. The van der Waals surface area contributed by atoms with Gasteiger partial charge in [-0.05, 0) is 45.7 Å². The van der Waals surface area contributed by atoms with Gasteiger partial charge in [0.25, 0.3) is 0 Å². The number of hydrogen-bond acceptors (Lipinski definition) is 5. The van der Waals surface area contributed by atoms with Crippen molar-refractivity contribution in [3.05, 3.63) is 11.9 Å². The van der Waals surface area contributed by atoms with Gasteiger partial charge in [0.15, 0.2) is 0 Å². The average Bonchev–Trinajstić information content (AvgIpc) is 2.97. The van der Waals surface area contributed by atoms with Gasteiger partial charge in [0.05, 0.1) is 17.9 Å². The summed E-state index contributed by atoms with van der Waals surface area (Å²) < 4.78 is 1.99. The molecule has 1 fully saturated rings. The van der Waals surface area contributed by atoms with Crippen LogP contribution in [0.15, 0.2) is 6.20 Å². The number of aromatic nitrogens is 3. The van der Waals surface area contributed by atoms with Crippen molar-refractivity contribution < 1.29 is 0 Å². The standard InChI is InChI=1S/C15H30N6/c1-4-9-21-13(12-17-19-21)14(18-16)15(3,5-2)20-10-7-6-8-11-20/h12,14,18H,4-11,16H2,1-3H3. The van der Waals surface area contributed by atoms with Crippen molar-refractivity contribution in [1.29, 1.82) is 0 Å². The number of rotatable bonds is 7. The SMILES string of the molecule is CCCn1nncc1C(NN)C(C)(CC)N1CCCCC1. The molecule has 0 spiro atoms. The monoisotopic (exact) mass is 294 g/mol. The van der Waals surface area contributed by atoms with Crippen molar-refractivity contribution in [1.82, 2.24) is 25.3 Å². The maximum Gasteiger partial charge on any atom is 0.0826 e. The third-order valence-corrected chi connectivity index (χ3v) is 4.96. The highest BCUT2D eigenvalue weighted by Crippen LogP contribution is 2.35. The third-order valence-electron chi connectivity index (χ3n) is 4.96. The highest BCUT2D eigenvalue weighted by molar-refractivity contribution is 5.12. The van der Waals surface area contributed by atoms with E-state index >= 15 is 0 Å². The lowest BCUT2D eigenvalue weighted by Gasteiger charge is -2.47. The van der Waals surface area contributed by atoms with Gasteiger partial charge >= 0.3 is 0 Å². The van der Waals surface area contributed by atoms with Gasteiger partial charge in [-0.2, -0.15) is 0 Å². The lowest BCUT2D eigenvalue weighted by molar-refractivity contribution is 0.0396. The third kappa shape index (κ3) is 3.27. The Kier molecular flexibility index (Phi) is 5.72. The first kappa shape index (κ1) is 16.4. The minimum absolute atomic E-state index is 0.0115. The molecule has 21 heavy (non-hydrogen) atoms. The second-order valence-corrected chi connectivity index (χ2v) is 6.24. The van der Waals surface area contributed by atoms with Crippen molar-refractivity contribution in [2.45, 2.75) is 71.0 Å². The Bertz CT molecular complexity index is 426. The number of nitrogens with zero attached hydrogens (tertiary/aromatic N) is 4. The average molecular weight is 294 g/mol. The van der Waals surface area contributed by atoms with Crippen LogP contribution in [0.2, 0.25) is 0 Å². The highest BCUT2D eigenvalue weighted by Gasteiger charge is 2.40. The quantitative estimate of drug-likeness (QED) is 0.593. The molecule has 0 bridgehead atoms. The number of aryl methyl sites for hydroxylation is 1. The Morgan fingerprint density at radius 3 is 2.62 bits per heavy atom. The molecule has 0 saturated carbocycles. The van der Waals surface area contributed by atoms with Crippen LogP contribution in [0.3, 0.4) is 0 Å². The van der Waals surface area contributed by atoms with Crippen molar-refractivity contribution >= 4 is 0 Å². The van der Waals surface area contributed by atoms with Gasteiger partial charge in [0, 0.05) is 12.1 Å². The lowest BCUT2D eigenvalue weighted by Crippen LogP contribution is -2.57. The van der Waals surface area contributed by atoms with Crippen molar-refractivity contribution in [2.75, 3.05) is 13.1 Å². The van der Waals surface area contributed by atoms with Crippen LogP contribution in [0.25, 0.3) is 0 Å². The van der Waals surface area contributed by atoms with Gasteiger partial charge in [-0.3, -0.25) is 10.7 Å². The molecular formula is C15H30N6. The summed E-state index contributed by atoms with van der Waals surface area (Å²) in [5.41, 5.74) is 4.13. The van der Waals surface area contributed by atoms with Gasteiger partial charge in [-0.15, -0.1) is 5.10 Å². The van der Waals surface area contributed by atoms with Crippen molar-refractivity contribution in [2.24, 2.45) is 5.84 Å². The Labute approximate surface area is 128 Å². The normalized spacial score (nSPS) is 21.1. The molecule has 0 aromatic carbocycles. The van der Waals surface area contributed by atoms with E-state index in [4.69, 9.17) is 5.84 Å². The molecule has 1 aliphatic rings. The zero-order valence-electron chi connectivity index (χ0n) is 13.7. The number of hydrazine groups is 1. The van der Waals surface area contributed by atoms with Gasteiger partial charge in [0.2, 0.25) is 0 Å². The Hall–Kier alpha value is -0.980. The van der Waals surface area contributed by atoms with E-state index in [1.54, 1.807) is 0 Å². The van der Waals surface area contributed by atoms with E-state index in [-0.39, 0.29) is 11.6 Å². The van der Waals surface area contributed by atoms with Crippen LogP contribution in [-0.4, -0.2) is 38.5 Å². The van der Waals surface area contributed by atoms with Gasteiger partial charge in [-0.25, -0.2) is 10.1 Å². The number of hydrogen-bond donors (Lipinski definition) is 2. The fourth-order valence-electron chi connectivity index (χ4n) is 3.47. The fraction of sp³-hybridized carbons (Fsp3) is 0.867. The summed E-state index contributed by atoms with van der Waals surface area (Å²) in [6, 6.07) is 0.0437. The first-order chi connectivity index (χ1) is 10.2. The molecule has 1 saturated heterocycles. The summed E-state index contributed by atoms with van der Waals surface area (Å²) >= 11 is 0. The molecular weight excluding hydrogens is 264 g/mol. The predicted octanol–water partition coefficient (Wildman–Crippen LogP) is 1.85. The van der Waals surface area contributed by atoms with E-state index in [1.165, 1.54) is 19.3 Å². The van der Waals surface area contributed by atoms with Gasteiger partial charge < -0.3 is 0 Å². The molecule has 2 atom stereocenters. The van der Waals surface area contributed by atoms with Gasteiger partial charge in [0.1, 0.15) is 0 Å². The van der Waals surface area contributed by atoms with Crippen LogP contribution in [-0.2, 0) is 6.54 Å². The highest BCUT2D eigenvalue weighted by atomic mass is 15.4. The van der Waals surface area contributed by atoms with E-state index in [0.29, 0.717) is 0 Å². The molecule has 6 heteroatoms. The summed E-state index contributed by atoms with van der Waals surface area (Å²) in [5.74, 6) is 5.95. The lowest BCUT2D eigenvalue weighted by atomic mass is 9.84. The molecule has 0 radical (unpaired) electrons. The number of nitrogens with two attached hydrogens (primary N) is 1. The maximum atomic E-state index is 5.95. The van der Waals surface area contributed by atoms with E-state index in [1.807, 2.05) is 10.9 Å². The molecule has 0 amide bonds. The number of likely N-dealkylation sites (tertiary alicyclic amines) is 1. The van der Waals surface area contributed by atoms with Crippen LogP contribution in [0, 0.1) is 0 Å². The van der Waals surface area contributed by atoms with Crippen LogP contribution in [0.4, 0.5) is 0 Å². The Morgan fingerprint density at radius 1 is 1.33 bits per heavy atom. The topological polar surface area (TPSA) is 72.0 Å². The molecule has 1 aromatic rings. The summed E-state index contributed by atoms with van der Waals surface area (Å²) in [5, 5.41) is 8.32. The summed E-state index contributed by atoms with van der Waals surface area (Å²) in [7, 11) is 0. The van der Waals surface area contributed by atoms with E-state index < -0.39 is 0 Å². The molecule has 2 rings (SSSR count). The minimum atomic E-state index is -0.0115. The largest absolute Gasteiger partial charge is 0.296 e. The molecule has 0 aliphatic carbocycles. The molecule has 6 nitrogen and oxygen atoms in total. The fourth-order valence-corrected chi connectivity index (χ4v) is 3.47. The predicted molar refractivity (Wildman–Crippen MR) is 84.5 cm³/mol. The molecule has 2 unspecified atom stereocenters. The molecule has 3 N–H and O–H groups in total. The van der Waals surface area contributed by atoms with Crippen molar-refractivity contribution in [3.8, 4) is 0 Å². The second kappa shape index (κ2) is 7.33. The zero-order valence-corrected chi connectivity index (χ0v) is 13.7. The first-order valence-corrected chi connectivity index (χ1v) is 8.27. The zero-order chi connectivity index (χ0) is 15.3. The minimum Gasteiger partial charge on any atom is -0.296 e. The number of nitrogens with one attached hydrogen (secondary N) is 1. The molecule has 2 heterocycles. The van der Waals surface area contributed by atoms with E-state index in [9.17, 15) is 0 Å². The van der Waals surface area contributed by atoms with Gasteiger partial charge in [-0.1, -0.05) is 25.5 Å². The summed E-state index contributed by atoms with van der Waals surface area (Å²) in [6.07, 6.45) is 7.84. The Balaban J connectivity index is 2.29. The number of piperidine rings is 1. The summed E-state index contributed by atoms with van der Waals surface area (Å²) in [4.78, 5) is 2.59. The first-order valence-electron chi connectivity index (χ1n) is 8.27. The van der Waals surface area contributed by atoms with Crippen LogP contribution in [0.1, 0.15) is 64.6 Å².